The van der Waals surface area contributed by atoms with Crippen LogP contribution in [0.1, 0.15) is 18.1 Å². The molecule has 0 aliphatic carbocycles. The zero-order valence-electron chi connectivity index (χ0n) is 9.94. The maximum atomic E-state index is 13.7. The van der Waals surface area contributed by atoms with Gasteiger partial charge in [0.1, 0.15) is 6.57 Å². The average molecular weight is 288 g/mol. The monoisotopic (exact) mass is 288 g/mol. The Hall–Kier alpha value is 0.620. The zero-order chi connectivity index (χ0) is 12.4. The van der Waals surface area contributed by atoms with E-state index in [0.29, 0.717) is 0 Å². The number of hydrogen-bond acceptors (Lipinski definition) is 3. The van der Waals surface area contributed by atoms with E-state index >= 15 is 0 Å². The van der Waals surface area contributed by atoms with Crippen LogP contribution in [-0.2, 0) is 10.2 Å². The van der Waals surface area contributed by atoms with E-state index in [4.69, 9.17) is 0 Å². The van der Waals surface area contributed by atoms with Crippen molar-refractivity contribution in [2.24, 2.45) is 0 Å². The van der Waals surface area contributed by atoms with Crippen LogP contribution in [0.4, 0.5) is 8.78 Å². The first-order valence-corrected chi connectivity index (χ1v) is 7.93. The molecule has 0 spiro atoms. The van der Waals surface area contributed by atoms with Crippen LogP contribution in [0.2, 0.25) is 0 Å². The van der Waals surface area contributed by atoms with E-state index < -0.39 is 17.8 Å². The summed E-state index contributed by atoms with van der Waals surface area (Å²) >= 11 is 0.290. The number of alkyl halides is 2. The van der Waals surface area contributed by atoms with E-state index in [0.717, 1.165) is 17.7 Å². The molecule has 7 heteroatoms. The van der Waals surface area contributed by atoms with Gasteiger partial charge in [0.2, 0.25) is 0 Å². The summed E-state index contributed by atoms with van der Waals surface area (Å²) in [6.45, 7) is -1.52. The molecule has 0 heterocycles. The van der Waals surface area contributed by atoms with Crippen molar-refractivity contribution >= 4 is 18.0 Å². The van der Waals surface area contributed by atoms with Crippen LogP contribution in [0.3, 0.4) is 0 Å². The number of aryl methyl sites for hydroxylation is 1. The molecule has 0 aromatic heterocycles. The van der Waals surface area contributed by atoms with E-state index in [1.807, 2.05) is 0 Å². The van der Waals surface area contributed by atoms with Gasteiger partial charge in [0.15, 0.2) is 0 Å². The molecule has 90 valence electrons. The molecule has 1 atom stereocenters. The van der Waals surface area contributed by atoms with Crippen LogP contribution >= 0.6 is 18.0 Å². The molecule has 0 N–H and O–H groups in total. The van der Waals surface area contributed by atoms with Crippen LogP contribution in [0.5, 0.6) is 0 Å². The summed E-state index contributed by atoms with van der Waals surface area (Å²) in [7, 11) is 0. The smallest absolute Gasteiger partial charge is 0.787 e. The van der Waals surface area contributed by atoms with Gasteiger partial charge in [-0.2, -0.15) is 8.78 Å². The molecule has 2 nitrogen and oxygen atoms in total. The molecular formula is C10H12F2NaO2PS. The van der Waals surface area contributed by atoms with Gasteiger partial charge in [0, 0.05) is 5.56 Å². The summed E-state index contributed by atoms with van der Waals surface area (Å²) in [5, 5.41) is 0. The second-order valence-corrected chi connectivity index (χ2v) is 7.93. The molecular weight excluding hydrogens is 276 g/mol. The van der Waals surface area contributed by atoms with Crippen LogP contribution in [-0.4, -0.2) is 5.75 Å². The Labute approximate surface area is 126 Å². The van der Waals surface area contributed by atoms with Gasteiger partial charge < -0.3 is 9.46 Å². The van der Waals surface area contributed by atoms with Gasteiger partial charge in [0.05, 0.1) is 0 Å². The minimum absolute atomic E-state index is 0. The number of rotatable bonds is 4. The van der Waals surface area contributed by atoms with Crippen molar-refractivity contribution in [1.82, 2.24) is 0 Å². The summed E-state index contributed by atoms with van der Waals surface area (Å²) in [5.74, 6) is 0.113. The summed E-state index contributed by atoms with van der Waals surface area (Å²) in [4.78, 5) is 11.4. The molecule has 1 aromatic carbocycles. The van der Waals surface area contributed by atoms with Crippen molar-refractivity contribution in [2.75, 3.05) is 5.75 Å². The molecule has 0 saturated carbocycles. The second kappa shape index (κ2) is 6.69. The Balaban J connectivity index is 0.00000256. The summed E-state index contributed by atoms with van der Waals surface area (Å²) in [6.07, 6.45) is 0. The Morgan fingerprint density at radius 1 is 1.35 bits per heavy atom. The van der Waals surface area contributed by atoms with Crippen molar-refractivity contribution in [3.63, 3.8) is 0 Å². The normalized spacial score (nSPS) is 14.9. The van der Waals surface area contributed by atoms with Gasteiger partial charge in [0.25, 0.3) is 0 Å². The van der Waals surface area contributed by atoms with Gasteiger partial charge in [-0.1, -0.05) is 36.8 Å². The first-order chi connectivity index (χ1) is 7.31. The first-order valence-electron chi connectivity index (χ1n) is 4.72. The average Bonchev–Trinajstić information content (AvgIpc) is 2.18. The number of benzene rings is 1. The van der Waals surface area contributed by atoms with Crippen LogP contribution in [0.25, 0.3) is 0 Å². The van der Waals surface area contributed by atoms with Gasteiger partial charge in [-0.15, -0.1) is 11.4 Å². The van der Waals surface area contributed by atoms with E-state index in [9.17, 15) is 18.2 Å². The Morgan fingerprint density at radius 2 is 1.82 bits per heavy atom. The third-order valence-corrected chi connectivity index (χ3v) is 6.07. The van der Waals surface area contributed by atoms with Crippen molar-refractivity contribution < 1.29 is 47.8 Å². The van der Waals surface area contributed by atoms with Crippen molar-refractivity contribution in [3.05, 3.63) is 35.4 Å². The standard InChI is InChI=1S/C10H13F2O2PS.Na/c1-3-16-15(13,14)10(11,12)9-6-4-8(2)5-7-9;/h4-7H,3H2,1-2H3,(H,13,14);/q;+1/p-1. The maximum Gasteiger partial charge on any atom is 1.00 e. The Morgan fingerprint density at radius 3 is 2.24 bits per heavy atom. The van der Waals surface area contributed by atoms with Gasteiger partial charge in [-0.05, 0) is 12.7 Å². The number of hydrogen-bond donors (Lipinski definition) is 0. The van der Waals surface area contributed by atoms with Crippen LogP contribution < -0.4 is 34.5 Å². The van der Waals surface area contributed by atoms with Crippen molar-refractivity contribution in [3.8, 4) is 0 Å². The predicted molar refractivity (Wildman–Crippen MR) is 60.8 cm³/mol. The molecule has 0 bridgehead atoms. The minimum atomic E-state index is -4.80. The quantitative estimate of drug-likeness (QED) is 0.593. The topological polar surface area (TPSA) is 40.1 Å². The van der Waals surface area contributed by atoms with E-state index in [1.54, 1.807) is 6.92 Å². The molecule has 0 amide bonds. The largest absolute Gasteiger partial charge is 1.00 e. The number of halogens is 2. The minimum Gasteiger partial charge on any atom is -0.787 e. The molecule has 0 radical (unpaired) electrons. The van der Waals surface area contributed by atoms with Crippen LogP contribution in [0, 0.1) is 6.92 Å². The van der Waals surface area contributed by atoms with E-state index in [1.165, 1.54) is 19.1 Å². The van der Waals surface area contributed by atoms with Crippen molar-refractivity contribution in [1.29, 1.82) is 0 Å². The van der Waals surface area contributed by atoms with Crippen LogP contribution in [0.15, 0.2) is 24.3 Å². The summed E-state index contributed by atoms with van der Waals surface area (Å²) in [6, 6.07) is 5.24. The molecule has 0 saturated heterocycles. The van der Waals surface area contributed by atoms with Crippen molar-refractivity contribution in [2.45, 2.75) is 19.5 Å². The van der Waals surface area contributed by atoms with Gasteiger partial charge in [-0.3, -0.25) is 0 Å². The first kappa shape index (κ1) is 17.6. The third-order valence-electron chi connectivity index (χ3n) is 2.04. The second-order valence-electron chi connectivity index (χ2n) is 3.32. The SMILES string of the molecule is CCSP(=O)([O-])C(F)(F)c1ccc(C)cc1.[Na+]. The van der Waals surface area contributed by atoms with Gasteiger partial charge >= 0.3 is 35.2 Å². The van der Waals surface area contributed by atoms with E-state index in [2.05, 4.69) is 0 Å². The molecule has 0 fully saturated rings. The maximum absolute atomic E-state index is 13.7. The molecule has 17 heavy (non-hydrogen) atoms. The summed E-state index contributed by atoms with van der Waals surface area (Å²) < 4.78 is 38.7. The molecule has 1 unspecified atom stereocenters. The predicted octanol–water partition coefficient (Wildman–Crippen LogP) is 0.355. The fourth-order valence-corrected chi connectivity index (χ4v) is 3.95. The zero-order valence-corrected chi connectivity index (χ0v) is 13.7. The fraction of sp³-hybridized carbons (Fsp3) is 0.400. The molecule has 1 aromatic rings. The fourth-order valence-electron chi connectivity index (χ4n) is 1.16. The third kappa shape index (κ3) is 4.05. The Bertz CT molecular complexity index is 411. The van der Waals surface area contributed by atoms with Gasteiger partial charge in [-0.25, -0.2) is 0 Å². The molecule has 0 aliphatic rings. The summed E-state index contributed by atoms with van der Waals surface area (Å²) in [5.41, 5.74) is -3.47. The van der Waals surface area contributed by atoms with E-state index in [-0.39, 0.29) is 46.7 Å². The molecule has 0 aliphatic heterocycles. The molecule has 1 rings (SSSR count). The Kier molecular flexibility index (Phi) is 6.93.